The first-order valence-electron chi connectivity index (χ1n) is 13.4. The molecular weight excluding hydrogens is 556 g/mol. The van der Waals surface area contributed by atoms with E-state index < -0.39 is 16.6 Å². The highest BCUT2D eigenvalue weighted by Crippen LogP contribution is 2.32. The third-order valence-electron chi connectivity index (χ3n) is 6.46. The van der Waals surface area contributed by atoms with Crippen LogP contribution in [0, 0.1) is 21.7 Å². The first kappa shape index (κ1) is 29.9. The summed E-state index contributed by atoms with van der Waals surface area (Å²) in [6.45, 7) is 7.65. The number of nitro benzene ring substituents is 1. The number of nitro groups is 1. The summed E-state index contributed by atoms with van der Waals surface area (Å²) in [5.74, 6) is 0.669. The zero-order valence-electron chi connectivity index (χ0n) is 22.9. The molecule has 1 heterocycles. The number of guanidine groups is 1. The first-order valence-corrected chi connectivity index (χ1v) is 13.8. The molecule has 0 aliphatic carbocycles. The molecule has 41 heavy (non-hydrogen) atoms. The maximum Gasteiger partial charge on any atom is 0.311 e. The van der Waals surface area contributed by atoms with Crippen molar-refractivity contribution in [2.75, 3.05) is 44.2 Å². The van der Waals surface area contributed by atoms with Crippen LogP contribution in [0.1, 0.15) is 25.8 Å². The lowest BCUT2D eigenvalue weighted by atomic mass is 10.2. The zero-order valence-corrected chi connectivity index (χ0v) is 23.7. The highest BCUT2D eigenvalue weighted by atomic mass is 35.5. The summed E-state index contributed by atoms with van der Waals surface area (Å²) in [7, 11) is 0. The number of hydrogen-bond donors (Lipinski definition) is 1. The van der Waals surface area contributed by atoms with Crippen LogP contribution in [0.2, 0.25) is 5.02 Å². The van der Waals surface area contributed by atoms with Crippen molar-refractivity contribution in [3.8, 4) is 17.2 Å². The molecule has 0 amide bonds. The lowest BCUT2D eigenvalue weighted by Gasteiger charge is -2.38. The van der Waals surface area contributed by atoms with Crippen molar-refractivity contribution >= 4 is 28.9 Å². The van der Waals surface area contributed by atoms with E-state index in [1.54, 1.807) is 19.1 Å². The van der Waals surface area contributed by atoms with Crippen molar-refractivity contribution in [1.29, 1.82) is 0 Å². The average molecular weight is 588 g/mol. The Hall–Kier alpha value is -4.12. The number of piperazine rings is 1. The third kappa shape index (κ3) is 7.75. The number of hydrogen-bond acceptors (Lipinski definition) is 6. The van der Waals surface area contributed by atoms with Gasteiger partial charge in [-0.15, -0.1) is 0 Å². The largest absolute Gasteiger partial charge is 0.487 e. The van der Waals surface area contributed by atoms with E-state index in [4.69, 9.17) is 26.1 Å². The van der Waals surface area contributed by atoms with Gasteiger partial charge in [-0.3, -0.25) is 10.1 Å². The van der Waals surface area contributed by atoms with Gasteiger partial charge in [0, 0.05) is 62.2 Å². The highest BCUT2D eigenvalue weighted by Gasteiger charge is 2.23. The molecule has 0 aromatic heterocycles. The van der Waals surface area contributed by atoms with E-state index in [9.17, 15) is 18.9 Å². The number of halogens is 3. The Morgan fingerprint density at radius 3 is 2.51 bits per heavy atom. The summed E-state index contributed by atoms with van der Waals surface area (Å²) >= 11 is 5.89. The number of ether oxygens (including phenoxy) is 2. The van der Waals surface area contributed by atoms with Crippen LogP contribution in [0.25, 0.3) is 0 Å². The topological polar surface area (TPSA) is 92.5 Å². The fraction of sp³-hybridized carbons (Fsp3) is 0.345. The lowest BCUT2D eigenvalue weighted by molar-refractivity contribution is -0.385. The van der Waals surface area contributed by atoms with Gasteiger partial charge >= 0.3 is 5.69 Å². The molecule has 0 saturated carbocycles. The van der Waals surface area contributed by atoms with Crippen molar-refractivity contribution in [2.24, 2.45) is 4.99 Å². The third-order valence-corrected chi connectivity index (χ3v) is 6.75. The van der Waals surface area contributed by atoms with Crippen LogP contribution in [0.3, 0.4) is 0 Å². The van der Waals surface area contributed by atoms with Gasteiger partial charge in [-0.1, -0.05) is 18.5 Å². The molecule has 1 aliphatic heterocycles. The second-order valence-electron chi connectivity index (χ2n) is 9.31. The molecule has 4 rings (SSSR count). The predicted octanol–water partition coefficient (Wildman–Crippen LogP) is 6.40. The number of aliphatic imine (C=N–C) groups is 1. The molecule has 218 valence electrons. The van der Waals surface area contributed by atoms with Gasteiger partial charge in [-0.2, -0.15) is 0 Å². The molecule has 0 unspecified atom stereocenters. The standard InChI is InChI=1S/C29H32ClF2N5O4/c1-3-11-33-29(34-19-20-16-21(31)5-10-27(20)41-23-7-8-25(32)24(30)18-23)36-14-12-35(13-15-36)22-6-9-26(37(38)39)28(17-22)40-4-2/h5-10,16-18H,3-4,11-15,19H2,1-2H3,(H,33,34). The van der Waals surface area contributed by atoms with E-state index in [1.807, 2.05) is 0 Å². The normalized spacial score (nSPS) is 13.7. The van der Waals surface area contributed by atoms with E-state index in [0.29, 0.717) is 62.4 Å². The summed E-state index contributed by atoms with van der Waals surface area (Å²) in [6.07, 6.45) is 0.891. The molecule has 0 bridgehead atoms. The van der Waals surface area contributed by atoms with Crippen molar-refractivity contribution in [3.05, 3.63) is 86.9 Å². The maximum absolute atomic E-state index is 14.2. The SMILES string of the molecule is CCCNC(=NCc1cc(F)ccc1Oc1ccc(F)c(Cl)c1)N1CCN(c2ccc([N+](=O)[O-])c(OCC)c2)CC1. The molecule has 3 aromatic rings. The highest BCUT2D eigenvalue weighted by molar-refractivity contribution is 6.30. The Balaban J connectivity index is 1.48. The van der Waals surface area contributed by atoms with Crippen LogP contribution in [-0.2, 0) is 6.54 Å². The van der Waals surface area contributed by atoms with E-state index in [-0.39, 0.29) is 23.0 Å². The fourth-order valence-electron chi connectivity index (χ4n) is 4.40. The number of anilines is 1. The molecule has 1 aliphatic rings. The van der Waals surface area contributed by atoms with Crippen molar-refractivity contribution in [2.45, 2.75) is 26.8 Å². The quantitative estimate of drug-likeness (QED) is 0.127. The minimum absolute atomic E-state index is 0.0596. The predicted molar refractivity (Wildman–Crippen MR) is 155 cm³/mol. The van der Waals surface area contributed by atoms with Gasteiger partial charge in [0.05, 0.1) is 23.1 Å². The monoisotopic (exact) mass is 587 g/mol. The average Bonchev–Trinajstić information content (AvgIpc) is 2.96. The summed E-state index contributed by atoms with van der Waals surface area (Å²) in [4.78, 5) is 20.0. The molecule has 0 atom stereocenters. The van der Waals surface area contributed by atoms with Gasteiger partial charge in [0.25, 0.3) is 0 Å². The second kappa shape index (κ2) is 14.0. The summed E-state index contributed by atoms with van der Waals surface area (Å²) < 4.78 is 39.2. The zero-order chi connectivity index (χ0) is 29.4. The van der Waals surface area contributed by atoms with Gasteiger partial charge in [-0.05, 0) is 49.7 Å². The van der Waals surface area contributed by atoms with Gasteiger partial charge < -0.3 is 24.6 Å². The molecule has 1 N–H and O–H groups in total. The fourth-order valence-corrected chi connectivity index (χ4v) is 4.57. The Labute approximate surface area is 242 Å². The van der Waals surface area contributed by atoms with Crippen LogP contribution in [0.4, 0.5) is 20.2 Å². The Morgan fingerprint density at radius 1 is 1.05 bits per heavy atom. The van der Waals surface area contributed by atoms with Crippen molar-refractivity contribution < 1.29 is 23.2 Å². The molecule has 12 heteroatoms. The van der Waals surface area contributed by atoms with Gasteiger partial charge in [0.2, 0.25) is 0 Å². The Bertz CT molecular complexity index is 1400. The molecule has 1 saturated heterocycles. The molecule has 9 nitrogen and oxygen atoms in total. The molecule has 0 radical (unpaired) electrons. The number of nitrogens with zero attached hydrogens (tertiary/aromatic N) is 4. The number of rotatable bonds is 10. The Morgan fingerprint density at radius 2 is 1.83 bits per heavy atom. The van der Waals surface area contributed by atoms with Crippen LogP contribution in [0.5, 0.6) is 17.2 Å². The van der Waals surface area contributed by atoms with Crippen molar-refractivity contribution in [3.63, 3.8) is 0 Å². The van der Waals surface area contributed by atoms with E-state index >= 15 is 0 Å². The lowest BCUT2D eigenvalue weighted by Crippen LogP contribution is -2.52. The molecule has 3 aromatic carbocycles. The van der Waals surface area contributed by atoms with E-state index in [1.165, 1.54) is 42.5 Å². The van der Waals surface area contributed by atoms with Crippen molar-refractivity contribution in [1.82, 2.24) is 10.2 Å². The van der Waals surface area contributed by atoms with Crippen LogP contribution in [-0.4, -0.2) is 55.1 Å². The molecule has 0 spiro atoms. The van der Waals surface area contributed by atoms with Gasteiger partial charge in [0.15, 0.2) is 11.7 Å². The number of benzene rings is 3. The van der Waals surface area contributed by atoms with E-state index in [2.05, 4.69) is 22.0 Å². The smallest absolute Gasteiger partial charge is 0.311 e. The van der Waals surface area contributed by atoms with E-state index in [0.717, 1.165) is 12.1 Å². The maximum atomic E-state index is 14.2. The van der Waals surface area contributed by atoms with Gasteiger partial charge in [0.1, 0.15) is 23.1 Å². The van der Waals surface area contributed by atoms with Crippen LogP contribution in [0.15, 0.2) is 59.6 Å². The number of nitrogens with one attached hydrogen (secondary N) is 1. The summed E-state index contributed by atoms with van der Waals surface area (Å²) in [5.41, 5.74) is 1.31. The van der Waals surface area contributed by atoms with Crippen LogP contribution >= 0.6 is 11.6 Å². The molecular formula is C29H32ClF2N5O4. The Kier molecular flexibility index (Phi) is 10.2. The molecule has 1 fully saturated rings. The minimum atomic E-state index is -0.557. The first-order chi connectivity index (χ1) is 19.8. The summed E-state index contributed by atoms with van der Waals surface area (Å²) in [6, 6.07) is 13.1. The van der Waals surface area contributed by atoms with Crippen LogP contribution < -0.4 is 19.7 Å². The second-order valence-corrected chi connectivity index (χ2v) is 9.72. The minimum Gasteiger partial charge on any atom is -0.487 e. The van der Waals surface area contributed by atoms with Gasteiger partial charge in [-0.25, -0.2) is 13.8 Å². The summed E-state index contributed by atoms with van der Waals surface area (Å²) in [5, 5.41) is 14.7.